The van der Waals surface area contributed by atoms with Crippen LogP contribution in [0.1, 0.15) is 35.1 Å². The van der Waals surface area contributed by atoms with Crippen LogP contribution in [0.3, 0.4) is 0 Å². The van der Waals surface area contributed by atoms with Crippen LogP contribution in [0, 0.1) is 0 Å². The molecule has 0 bridgehead atoms. The summed E-state index contributed by atoms with van der Waals surface area (Å²) < 4.78 is 0. The Bertz CT molecular complexity index is 909. The number of piperidine rings is 1. The molecule has 4 rings (SSSR count). The maximum Gasteiger partial charge on any atom is 0.276 e. The van der Waals surface area contributed by atoms with Crippen molar-refractivity contribution in [1.82, 2.24) is 30.0 Å². The van der Waals surface area contributed by atoms with E-state index in [0.29, 0.717) is 18.9 Å². The SMILES string of the molecule is Nc1nccnc1C(=O)N1CCC[C@H](c2nc(-c3ccccc3)n[nH]2)C1. The molecule has 1 saturated heterocycles. The van der Waals surface area contributed by atoms with Gasteiger partial charge in [0.05, 0.1) is 0 Å². The molecule has 3 aromatic rings. The molecule has 1 amide bonds. The number of benzene rings is 1. The van der Waals surface area contributed by atoms with Gasteiger partial charge in [-0.1, -0.05) is 30.3 Å². The molecule has 0 saturated carbocycles. The predicted octanol–water partition coefficient (Wildman–Crippen LogP) is 1.86. The van der Waals surface area contributed by atoms with Crippen molar-refractivity contribution in [2.24, 2.45) is 0 Å². The Morgan fingerprint density at radius 2 is 2.00 bits per heavy atom. The molecule has 8 nitrogen and oxygen atoms in total. The second kappa shape index (κ2) is 6.91. The van der Waals surface area contributed by atoms with Gasteiger partial charge in [-0.3, -0.25) is 9.89 Å². The van der Waals surface area contributed by atoms with Crippen LogP contribution < -0.4 is 5.73 Å². The number of likely N-dealkylation sites (tertiary alicyclic amines) is 1. The number of carbonyl (C=O) groups excluding carboxylic acids is 1. The number of hydrogen-bond donors (Lipinski definition) is 2. The Morgan fingerprint density at radius 3 is 2.81 bits per heavy atom. The van der Waals surface area contributed by atoms with Crippen molar-refractivity contribution >= 4 is 11.7 Å². The monoisotopic (exact) mass is 349 g/mol. The van der Waals surface area contributed by atoms with Gasteiger partial charge >= 0.3 is 0 Å². The molecule has 0 radical (unpaired) electrons. The highest BCUT2D eigenvalue weighted by Gasteiger charge is 2.29. The smallest absolute Gasteiger partial charge is 0.276 e. The summed E-state index contributed by atoms with van der Waals surface area (Å²) in [7, 11) is 0. The van der Waals surface area contributed by atoms with Gasteiger partial charge in [-0.15, -0.1) is 0 Å². The van der Waals surface area contributed by atoms with E-state index in [1.807, 2.05) is 30.3 Å². The average Bonchev–Trinajstić information content (AvgIpc) is 3.19. The van der Waals surface area contributed by atoms with E-state index in [4.69, 9.17) is 5.73 Å². The minimum atomic E-state index is -0.192. The number of nitrogens with zero attached hydrogens (tertiary/aromatic N) is 5. The number of hydrogen-bond acceptors (Lipinski definition) is 6. The zero-order chi connectivity index (χ0) is 17.9. The molecule has 26 heavy (non-hydrogen) atoms. The molecule has 0 aliphatic carbocycles. The number of nitrogens with one attached hydrogen (secondary N) is 1. The molecule has 2 aromatic heterocycles. The highest BCUT2D eigenvalue weighted by molar-refractivity contribution is 5.96. The molecule has 1 aromatic carbocycles. The second-order valence-electron chi connectivity index (χ2n) is 6.29. The maximum atomic E-state index is 12.7. The number of rotatable bonds is 3. The Hall–Kier alpha value is -3.29. The summed E-state index contributed by atoms with van der Waals surface area (Å²) in [6.07, 6.45) is 4.79. The van der Waals surface area contributed by atoms with E-state index in [1.165, 1.54) is 12.4 Å². The Labute approximate surface area is 150 Å². The fourth-order valence-corrected chi connectivity index (χ4v) is 3.22. The van der Waals surface area contributed by atoms with Crippen LogP contribution in [0.25, 0.3) is 11.4 Å². The lowest BCUT2D eigenvalue weighted by molar-refractivity contribution is 0.0699. The van der Waals surface area contributed by atoms with Gasteiger partial charge in [-0.25, -0.2) is 15.0 Å². The van der Waals surface area contributed by atoms with E-state index in [1.54, 1.807) is 4.90 Å². The van der Waals surface area contributed by atoms with Gasteiger partial charge in [-0.2, -0.15) is 5.10 Å². The summed E-state index contributed by atoms with van der Waals surface area (Å²) in [6, 6.07) is 9.82. The maximum absolute atomic E-state index is 12.7. The minimum absolute atomic E-state index is 0.107. The third-order valence-electron chi connectivity index (χ3n) is 4.56. The van der Waals surface area contributed by atoms with E-state index >= 15 is 0 Å². The summed E-state index contributed by atoms with van der Waals surface area (Å²) >= 11 is 0. The van der Waals surface area contributed by atoms with E-state index in [9.17, 15) is 4.79 Å². The zero-order valence-electron chi connectivity index (χ0n) is 14.2. The summed E-state index contributed by atoms with van der Waals surface area (Å²) in [4.78, 5) is 27.1. The molecule has 3 heterocycles. The number of nitrogens with two attached hydrogens (primary N) is 1. The molecule has 132 valence electrons. The van der Waals surface area contributed by atoms with Gasteiger partial charge in [-0.05, 0) is 12.8 Å². The molecule has 8 heteroatoms. The first-order chi connectivity index (χ1) is 12.7. The number of aromatic nitrogens is 5. The first-order valence-corrected chi connectivity index (χ1v) is 8.56. The Balaban J connectivity index is 1.52. The van der Waals surface area contributed by atoms with Gasteiger partial charge in [0.1, 0.15) is 5.82 Å². The third-order valence-corrected chi connectivity index (χ3v) is 4.56. The summed E-state index contributed by atoms with van der Waals surface area (Å²) in [5, 5.41) is 7.35. The standard InChI is InChI=1S/C18H19N7O/c19-15-14(20-8-9-21-15)18(26)25-10-4-7-13(11-25)17-22-16(23-24-17)12-5-2-1-3-6-12/h1-3,5-6,8-9,13H,4,7,10-11H2,(H2,19,21)(H,22,23,24)/t13-/m0/s1. The molecular formula is C18H19N7O. The molecule has 1 aliphatic rings. The first kappa shape index (κ1) is 16.2. The minimum Gasteiger partial charge on any atom is -0.382 e. The number of anilines is 1. The van der Waals surface area contributed by atoms with Crippen LogP contribution >= 0.6 is 0 Å². The van der Waals surface area contributed by atoms with Crippen molar-refractivity contribution in [3.8, 4) is 11.4 Å². The molecule has 0 spiro atoms. The lowest BCUT2D eigenvalue weighted by Crippen LogP contribution is -2.40. The summed E-state index contributed by atoms with van der Waals surface area (Å²) in [5.74, 6) is 1.54. The van der Waals surface area contributed by atoms with Crippen molar-refractivity contribution < 1.29 is 4.79 Å². The molecule has 1 aliphatic heterocycles. The van der Waals surface area contributed by atoms with Crippen molar-refractivity contribution in [2.45, 2.75) is 18.8 Å². The average molecular weight is 349 g/mol. The fourth-order valence-electron chi connectivity index (χ4n) is 3.22. The van der Waals surface area contributed by atoms with Crippen LogP contribution in [0.4, 0.5) is 5.82 Å². The fraction of sp³-hybridized carbons (Fsp3) is 0.278. The van der Waals surface area contributed by atoms with Crippen molar-refractivity contribution in [3.63, 3.8) is 0 Å². The first-order valence-electron chi connectivity index (χ1n) is 8.56. The van der Waals surface area contributed by atoms with E-state index in [-0.39, 0.29) is 23.3 Å². The van der Waals surface area contributed by atoms with Crippen LogP contribution in [0.15, 0.2) is 42.7 Å². The lowest BCUT2D eigenvalue weighted by Gasteiger charge is -2.31. The number of aromatic amines is 1. The van der Waals surface area contributed by atoms with Crippen molar-refractivity contribution in [2.75, 3.05) is 18.8 Å². The highest BCUT2D eigenvalue weighted by atomic mass is 16.2. The van der Waals surface area contributed by atoms with E-state index < -0.39 is 0 Å². The van der Waals surface area contributed by atoms with Crippen LogP contribution in [-0.2, 0) is 0 Å². The number of amides is 1. The normalized spacial score (nSPS) is 17.2. The van der Waals surface area contributed by atoms with Crippen molar-refractivity contribution in [1.29, 1.82) is 0 Å². The number of carbonyl (C=O) groups is 1. The van der Waals surface area contributed by atoms with Gasteiger partial charge < -0.3 is 10.6 Å². The van der Waals surface area contributed by atoms with Gasteiger partial charge in [0, 0.05) is 37.0 Å². The van der Waals surface area contributed by atoms with Gasteiger partial charge in [0.2, 0.25) is 0 Å². The quantitative estimate of drug-likeness (QED) is 0.746. The zero-order valence-corrected chi connectivity index (χ0v) is 14.2. The molecular weight excluding hydrogens is 330 g/mol. The number of nitrogen functional groups attached to an aromatic ring is 1. The van der Waals surface area contributed by atoms with Gasteiger partial charge in [0.15, 0.2) is 17.3 Å². The van der Waals surface area contributed by atoms with Crippen molar-refractivity contribution in [3.05, 3.63) is 54.2 Å². The Morgan fingerprint density at radius 1 is 1.19 bits per heavy atom. The van der Waals surface area contributed by atoms with Crippen LogP contribution in [0.5, 0.6) is 0 Å². The predicted molar refractivity (Wildman–Crippen MR) is 96.1 cm³/mol. The second-order valence-corrected chi connectivity index (χ2v) is 6.29. The van der Waals surface area contributed by atoms with Crippen LogP contribution in [0.2, 0.25) is 0 Å². The van der Waals surface area contributed by atoms with Gasteiger partial charge in [0.25, 0.3) is 5.91 Å². The topological polar surface area (TPSA) is 114 Å². The summed E-state index contributed by atoms with van der Waals surface area (Å²) in [6.45, 7) is 1.23. The van der Waals surface area contributed by atoms with E-state index in [0.717, 1.165) is 24.2 Å². The molecule has 0 unspecified atom stereocenters. The molecule has 1 atom stereocenters. The number of H-pyrrole nitrogens is 1. The molecule has 3 N–H and O–H groups in total. The third kappa shape index (κ3) is 3.13. The van der Waals surface area contributed by atoms with Crippen LogP contribution in [-0.4, -0.2) is 49.0 Å². The largest absolute Gasteiger partial charge is 0.382 e. The summed E-state index contributed by atoms with van der Waals surface area (Å²) in [5.41, 5.74) is 6.96. The van der Waals surface area contributed by atoms with E-state index in [2.05, 4.69) is 25.1 Å². The molecule has 1 fully saturated rings. The lowest BCUT2D eigenvalue weighted by atomic mass is 9.97. The highest BCUT2D eigenvalue weighted by Crippen LogP contribution is 2.27. The Kier molecular flexibility index (Phi) is 4.30.